The number of carbonyl (C=O) groups excluding carboxylic acids is 1. The van der Waals surface area contributed by atoms with E-state index in [-0.39, 0.29) is 37.0 Å². The Morgan fingerprint density at radius 3 is 2.72 bits per heavy atom. The van der Waals surface area contributed by atoms with Gasteiger partial charge >= 0.3 is 12.3 Å². The van der Waals surface area contributed by atoms with E-state index >= 15 is 0 Å². The summed E-state index contributed by atoms with van der Waals surface area (Å²) < 4.78 is 44.3. The summed E-state index contributed by atoms with van der Waals surface area (Å²) in [4.78, 5) is 29.0. The van der Waals surface area contributed by atoms with E-state index in [9.17, 15) is 27.9 Å². The number of alkyl halides is 3. The van der Waals surface area contributed by atoms with Crippen molar-refractivity contribution in [2.45, 2.75) is 75.5 Å². The third-order valence-electron chi connectivity index (χ3n) is 6.13. The number of carbonyl (C=O) groups is 2. The lowest BCUT2D eigenvalue weighted by Crippen LogP contribution is -2.49. The fraction of sp³-hybridized carbons (Fsp3) is 0.600. The number of carboxylic acid groups (broad SMARTS) is 1. The molecule has 174 valence electrons. The van der Waals surface area contributed by atoms with E-state index in [1.807, 2.05) is 0 Å². The minimum atomic E-state index is -4.41. The molecule has 0 aromatic carbocycles. The molecule has 2 heterocycles. The van der Waals surface area contributed by atoms with E-state index in [0.29, 0.717) is 36.5 Å². The van der Waals surface area contributed by atoms with Crippen molar-refractivity contribution in [3.05, 3.63) is 29.6 Å². The third kappa shape index (κ3) is 4.89. The third-order valence-corrected chi connectivity index (χ3v) is 6.13. The van der Waals surface area contributed by atoms with Gasteiger partial charge in [-0.25, -0.2) is 9.78 Å². The predicted molar refractivity (Wildman–Crippen MR) is 105 cm³/mol. The molecule has 9 nitrogen and oxygen atoms in total. The molecule has 2 fully saturated rings. The number of aryl methyl sites for hydroxylation is 1. The number of hydrogen-bond donors (Lipinski definition) is 3. The van der Waals surface area contributed by atoms with Crippen LogP contribution in [0.25, 0.3) is 0 Å². The Morgan fingerprint density at radius 1 is 1.38 bits per heavy atom. The number of anilines is 1. The van der Waals surface area contributed by atoms with Crippen LogP contribution in [0.5, 0.6) is 0 Å². The van der Waals surface area contributed by atoms with Crippen LogP contribution >= 0.6 is 0 Å². The van der Waals surface area contributed by atoms with Crippen LogP contribution in [0.15, 0.2) is 16.7 Å². The van der Waals surface area contributed by atoms with Gasteiger partial charge in [-0.1, -0.05) is 0 Å². The Bertz CT molecular complexity index is 998. The van der Waals surface area contributed by atoms with Crippen molar-refractivity contribution in [3.63, 3.8) is 0 Å². The second-order valence-electron chi connectivity index (χ2n) is 8.63. The normalized spacial score (nSPS) is 22.0. The maximum absolute atomic E-state index is 13.0. The Balaban J connectivity index is 1.37. The summed E-state index contributed by atoms with van der Waals surface area (Å²) in [6.45, 7) is 1.73. The number of nitrogens with one attached hydrogen (secondary N) is 2. The van der Waals surface area contributed by atoms with Gasteiger partial charge in [0.15, 0.2) is 5.82 Å². The summed E-state index contributed by atoms with van der Waals surface area (Å²) in [7, 11) is 0. The van der Waals surface area contributed by atoms with Crippen molar-refractivity contribution in [2.75, 3.05) is 5.32 Å². The second-order valence-corrected chi connectivity index (χ2v) is 8.63. The number of rotatable bonds is 7. The smallest absolute Gasteiger partial charge is 0.408 e. The molecule has 0 spiro atoms. The average Bonchev–Trinajstić information content (AvgIpc) is 3.06. The quantitative estimate of drug-likeness (QED) is 0.580. The number of hydrogen-bond acceptors (Lipinski definition) is 5. The monoisotopic (exact) mass is 455 g/mol. The molecule has 2 aliphatic carbocycles. The van der Waals surface area contributed by atoms with Crippen LogP contribution in [0, 0.1) is 6.92 Å². The molecule has 12 heteroatoms. The molecular formula is C20H24F3N5O4. The molecule has 0 radical (unpaired) electrons. The number of H-pyrrole nitrogens is 1. The molecule has 3 N–H and O–H groups in total. The van der Waals surface area contributed by atoms with E-state index in [2.05, 4.69) is 20.5 Å². The van der Waals surface area contributed by atoms with Gasteiger partial charge < -0.3 is 14.8 Å². The minimum Gasteiger partial charge on any atom is -0.465 e. The predicted octanol–water partition coefficient (Wildman–Crippen LogP) is 3.99. The Hall–Kier alpha value is -3.05. The van der Waals surface area contributed by atoms with Crippen LogP contribution < -0.4 is 5.32 Å². The van der Waals surface area contributed by atoms with Crippen LogP contribution in [-0.2, 0) is 11.2 Å². The highest BCUT2D eigenvalue weighted by atomic mass is 19.4. The molecule has 32 heavy (non-hydrogen) atoms. The molecule has 2 amide bonds. The molecule has 0 aliphatic heterocycles. The number of nitrogens with zero attached hydrogens (tertiary/aromatic N) is 3. The first-order valence-corrected chi connectivity index (χ1v) is 10.4. The highest BCUT2D eigenvalue weighted by molar-refractivity contribution is 5.90. The molecule has 4 rings (SSSR count). The number of amides is 2. The van der Waals surface area contributed by atoms with E-state index < -0.39 is 30.3 Å². The van der Waals surface area contributed by atoms with Gasteiger partial charge in [0.2, 0.25) is 11.8 Å². The number of aromatic amines is 1. The van der Waals surface area contributed by atoms with Crippen LogP contribution in [0.2, 0.25) is 0 Å². The Kier molecular flexibility index (Phi) is 5.63. The maximum Gasteiger partial charge on any atom is 0.408 e. The number of halogens is 3. The van der Waals surface area contributed by atoms with E-state index in [1.165, 1.54) is 6.20 Å². The SMILES string of the molecule is Cc1cnc(CC(=O)Nc2cc([C@H]3CC[C@@H](N(C(=O)O)C4(CC(F)(F)F)CC4)C3)[nH]n2)o1. The highest BCUT2D eigenvalue weighted by Gasteiger charge is 2.58. The van der Waals surface area contributed by atoms with E-state index in [0.717, 1.165) is 4.90 Å². The minimum absolute atomic E-state index is 0.0452. The Morgan fingerprint density at radius 2 is 2.12 bits per heavy atom. The molecule has 2 atom stereocenters. The number of oxazole rings is 1. The molecule has 2 aromatic rings. The summed E-state index contributed by atoms with van der Waals surface area (Å²) in [6.07, 6.45) is -3.42. The van der Waals surface area contributed by atoms with Gasteiger partial charge in [0.1, 0.15) is 12.2 Å². The second kappa shape index (κ2) is 8.14. The zero-order chi connectivity index (χ0) is 23.1. The van der Waals surface area contributed by atoms with Gasteiger partial charge in [-0.2, -0.15) is 18.3 Å². The van der Waals surface area contributed by atoms with Gasteiger partial charge in [0, 0.05) is 23.7 Å². The molecule has 2 aromatic heterocycles. The van der Waals surface area contributed by atoms with Crippen molar-refractivity contribution in [3.8, 4) is 0 Å². The van der Waals surface area contributed by atoms with Crippen molar-refractivity contribution in [1.29, 1.82) is 0 Å². The average molecular weight is 455 g/mol. The number of aromatic nitrogens is 3. The van der Waals surface area contributed by atoms with E-state index in [4.69, 9.17) is 4.42 Å². The van der Waals surface area contributed by atoms with Crippen LogP contribution in [0.4, 0.5) is 23.8 Å². The fourth-order valence-electron chi connectivity index (χ4n) is 4.66. The van der Waals surface area contributed by atoms with Crippen molar-refractivity contribution < 1.29 is 32.3 Å². The summed E-state index contributed by atoms with van der Waals surface area (Å²) in [5.41, 5.74) is -0.629. The largest absolute Gasteiger partial charge is 0.465 e. The van der Waals surface area contributed by atoms with Crippen LogP contribution in [0.3, 0.4) is 0 Å². The lowest BCUT2D eigenvalue weighted by atomic mass is 10.0. The first-order chi connectivity index (χ1) is 15.0. The Labute approximate surface area is 181 Å². The van der Waals surface area contributed by atoms with Gasteiger partial charge in [-0.15, -0.1) is 0 Å². The molecule has 2 saturated carbocycles. The summed E-state index contributed by atoms with van der Waals surface area (Å²) >= 11 is 0. The van der Waals surface area contributed by atoms with Crippen molar-refractivity contribution >= 4 is 17.8 Å². The van der Waals surface area contributed by atoms with Gasteiger partial charge in [0.05, 0.1) is 18.2 Å². The summed E-state index contributed by atoms with van der Waals surface area (Å²) in [5, 5.41) is 19.2. The van der Waals surface area contributed by atoms with Gasteiger partial charge in [-0.05, 0) is 39.0 Å². The zero-order valence-corrected chi connectivity index (χ0v) is 17.4. The molecule has 2 aliphatic rings. The van der Waals surface area contributed by atoms with Crippen LogP contribution in [-0.4, -0.2) is 54.9 Å². The molecule has 0 bridgehead atoms. The molecule has 0 saturated heterocycles. The van der Waals surface area contributed by atoms with E-state index in [1.54, 1.807) is 13.0 Å². The first-order valence-electron chi connectivity index (χ1n) is 10.4. The fourth-order valence-corrected chi connectivity index (χ4v) is 4.66. The molecule has 0 unspecified atom stereocenters. The standard InChI is InChI=1S/C20H24F3N5O4/c1-11-9-24-17(32-11)8-16(29)25-15-7-14(26-27-15)12-2-3-13(6-12)28(18(30)31)19(4-5-19)10-20(21,22)23/h7,9,12-13H,2-6,8,10H2,1H3,(H,30,31)(H2,25,26,27,29)/t12-,13+/m0/s1. The lowest BCUT2D eigenvalue weighted by Gasteiger charge is -2.35. The lowest BCUT2D eigenvalue weighted by molar-refractivity contribution is -0.150. The van der Waals surface area contributed by atoms with Crippen molar-refractivity contribution in [2.24, 2.45) is 0 Å². The van der Waals surface area contributed by atoms with Gasteiger partial charge in [-0.3, -0.25) is 14.8 Å². The van der Waals surface area contributed by atoms with Crippen molar-refractivity contribution in [1.82, 2.24) is 20.1 Å². The summed E-state index contributed by atoms with van der Waals surface area (Å²) in [6, 6.07) is 1.18. The highest BCUT2D eigenvalue weighted by Crippen LogP contribution is 2.52. The first kappa shape index (κ1) is 22.2. The van der Waals surface area contributed by atoms with Gasteiger partial charge in [0.25, 0.3) is 0 Å². The van der Waals surface area contributed by atoms with Crippen LogP contribution in [0.1, 0.15) is 61.8 Å². The topological polar surface area (TPSA) is 124 Å². The molecular weight excluding hydrogens is 431 g/mol. The maximum atomic E-state index is 13.0. The summed E-state index contributed by atoms with van der Waals surface area (Å²) in [5.74, 6) is 0.757. The zero-order valence-electron chi connectivity index (χ0n) is 17.4.